The zero-order chi connectivity index (χ0) is 22.3. The van der Waals surface area contributed by atoms with Crippen LogP contribution in [0.2, 0.25) is 5.02 Å². The number of hydrogen-bond donors (Lipinski definition) is 1. The molecule has 0 bridgehead atoms. The van der Waals surface area contributed by atoms with Crippen molar-refractivity contribution in [2.75, 3.05) is 71.0 Å². The minimum Gasteiger partial charge on any atom is -0.490 e. The van der Waals surface area contributed by atoms with Gasteiger partial charge in [-0.05, 0) is 6.42 Å². The molecule has 0 unspecified atom stereocenters. The summed E-state index contributed by atoms with van der Waals surface area (Å²) in [6.07, 6.45) is -2.96. The summed E-state index contributed by atoms with van der Waals surface area (Å²) in [7, 11) is 0. The molecular formula is C20H27ClF3N3O4. The maximum Gasteiger partial charge on any atom is 0.411 e. The molecule has 1 N–H and O–H groups in total. The van der Waals surface area contributed by atoms with Crippen LogP contribution in [0.25, 0.3) is 0 Å². The number of anilines is 1. The van der Waals surface area contributed by atoms with Crippen LogP contribution in [0.1, 0.15) is 12.8 Å². The maximum absolute atomic E-state index is 12.5. The average Bonchev–Trinajstić information content (AvgIpc) is 2.93. The average molecular weight is 466 g/mol. The van der Waals surface area contributed by atoms with E-state index in [2.05, 4.69) is 15.0 Å². The van der Waals surface area contributed by atoms with Crippen molar-refractivity contribution in [3.05, 3.63) is 17.2 Å². The van der Waals surface area contributed by atoms with Gasteiger partial charge in [-0.2, -0.15) is 13.2 Å². The Morgan fingerprint density at radius 2 is 1.74 bits per heavy atom. The molecule has 0 aromatic heterocycles. The standard InChI is InChI=1S/C20H27ClF3N3O4/c21-15-11-17-18(31-10-2-9-30-17)12-16(15)25-19(28)13-27-6-4-26(5-7-27)3-1-8-29-14-20(22,23)24/h11-12H,1-10,13-14H2,(H,25,28). The zero-order valence-corrected chi connectivity index (χ0v) is 17.9. The molecule has 0 atom stereocenters. The van der Waals surface area contributed by atoms with E-state index in [0.29, 0.717) is 61.5 Å². The quantitative estimate of drug-likeness (QED) is 0.595. The van der Waals surface area contributed by atoms with Crippen molar-refractivity contribution < 1.29 is 32.2 Å². The van der Waals surface area contributed by atoms with E-state index in [4.69, 9.17) is 21.1 Å². The molecule has 1 fully saturated rings. The molecule has 2 aliphatic heterocycles. The molecular weight excluding hydrogens is 439 g/mol. The fourth-order valence-electron chi connectivity index (χ4n) is 3.42. The Balaban J connectivity index is 1.37. The molecule has 31 heavy (non-hydrogen) atoms. The second-order valence-corrected chi connectivity index (χ2v) is 7.92. The van der Waals surface area contributed by atoms with Gasteiger partial charge in [-0.15, -0.1) is 0 Å². The van der Waals surface area contributed by atoms with Gasteiger partial charge < -0.3 is 24.4 Å². The number of piperazine rings is 1. The number of benzene rings is 1. The Hall–Kier alpha value is -1.75. The Morgan fingerprint density at radius 1 is 1.10 bits per heavy atom. The van der Waals surface area contributed by atoms with Gasteiger partial charge in [-0.3, -0.25) is 9.69 Å². The predicted octanol–water partition coefficient (Wildman–Crippen LogP) is 3.03. The molecule has 0 aliphatic carbocycles. The lowest BCUT2D eigenvalue weighted by Crippen LogP contribution is -2.48. The summed E-state index contributed by atoms with van der Waals surface area (Å²) in [6, 6.07) is 3.33. The lowest BCUT2D eigenvalue weighted by molar-refractivity contribution is -0.174. The molecule has 0 spiro atoms. The number of nitrogens with zero attached hydrogens (tertiary/aromatic N) is 2. The van der Waals surface area contributed by atoms with Crippen molar-refractivity contribution in [3.8, 4) is 11.5 Å². The highest BCUT2D eigenvalue weighted by atomic mass is 35.5. The van der Waals surface area contributed by atoms with Gasteiger partial charge in [0.15, 0.2) is 11.5 Å². The monoisotopic (exact) mass is 465 g/mol. The number of carbonyl (C=O) groups is 1. The number of nitrogens with one attached hydrogen (secondary N) is 1. The summed E-state index contributed by atoms with van der Waals surface area (Å²) in [4.78, 5) is 16.7. The summed E-state index contributed by atoms with van der Waals surface area (Å²) in [5.74, 6) is 0.954. The van der Waals surface area contributed by atoms with Gasteiger partial charge in [0.25, 0.3) is 0 Å². The summed E-state index contributed by atoms with van der Waals surface area (Å²) in [6.45, 7) is 3.77. The van der Waals surface area contributed by atoms with Gasteiger partial charge in [0.05, 0.1) is 30.5 Å². The Morgan fingerprint density at radius 3 is 2.42 bits per heavy atom. The predicted molar refractivity (Wildman–Crippen MR) is 110 cm³/mol. The van der Waals surface area contributed by atoms with Gasteiger partial charge in [0, 0.05) is 57.9 Å². The van der Waals surface area contributed by atoms with Crippen LogP contribution in [0, 0.1) is 0 Å². The van der Waals surface area contributed by atoms with Crippen molar-refractivity contribution in [2.24, 2.45) is 0 Å². The van der Waals surface area contributed by atoms with Crippen LogP contribution < -0.4 is 14.8 Å². The van der Waals surface area contributed by atoms with Crippen LogP contribution in [0.5, 0.6) is 11.5 Å². The first-order valence-electron chi connectivity index (χ1n) is 10.3. The van der Waals surface area contributed by atoms with Crippen LogP contribution in [-0.2, 0) is 9.53 Å². The maximum atomic E-state index is 12.5. The van der Waals surface area contributed by atoms with Crippen molar-refractivity contribution in [1.82, 2.24) is 9.80 Å². The smallest absolute Gasteiger partial charge is 0.411 e. The van der Waals surface area contributed by atoms with E-state index in [1.807, 2.05) is 4.90 Å². The lowest BCUT2D eigenvalue weighted by Gasteiger charge is -2.34. The van der Waals surface area contributed by atoms with E-state index in [1.54, 1.807) is 12.1 Å². The molecule has 174 valence electrons. The third kappa shape index (κ3) is 8.03. The number of alkyl halides is 3. The third-order valence-electron chi connectivity index (χ3n) is 4.97. The van der Waals surface area contributed by atoms with Crippen LogP contribution in [-0.4, -0.2) is 87.6 Å². The molecule has 0 saturated carbocycles. The molecule has 1 saturated heterocycles. The van der Waals surface area contributed by atoms with Crippen molar-refractivity contribution in [1.29, 1.82) is 0 Å². The molecule has 7 nitrogen and oxygen atoms in total. The molecule has 1 aromatic carbocycles. The van der Waals surface area contributed by atoms with Gasteiger partial charge in [-0.25, -0.2) is 0 Å². The highest BCUT2D eigenvalue weighted by molar-refractivity contribution is 6.34. The molecule has 1 aromatic rings. The van der Waals surface area contributed by atoms with Crippen LogP contribution in [0.15, 0.2) is 12.1 Å². The number of halogens is 4. The molecule has 3 rings (SSSR count). The first-order valence-corrected chi connectivity index (χ1v) is 10.7. The Labute approximate surface area is 184 Å². The van der Waals surface area contributed by atoms with Crippen LogP contribution in [0.3, 0.4) is 0 Å². The SMILES string of the molecule is O=C(CN1CCN(CCCOCC(F)(F)F)CC1)Nc1cc2c(cc1Cl)OCCCO2. The number of ether oxygens (including phenoxy) is 3. The summed E-state index contributed by atoms with van der Waals surface area (Å²) >= 11 is 6.27. The number of rotatable bonds is 8. The topological polar surface area (TPSA) is 63.3 Å². The largest absolute Gasteiger partial charge is 0.490 e. The highest BCUT2D eigenvalue weighted by Gasteiger charge is 2.27. The van der Waals surface area contributed by atoms with E-state index in [9.17, 15) is 18.0 Å². The Kier molecular flexibility index (Phi) is 8.65. The lowest BCUT2D eigenvalue weighted by atomic mass is 10.2. The van der Waals surface area contributed by atoms with Crippen molar-refractivity contribution in [3.63, 3.8) is 0 Å². The second-order valence-electron chi connectivity index (χ2n) is 7.52. The minimum atomic E-state index is -4.28. The third-order valence-corrected chi connectivity index (χ3v) is 5.28. The van der Waals surface area contributed by atoms with Gasteiger partial charge in [-0.1, -0.05) is 11.6 Å². The van der Waals surface area contributed by atoms with Gasteiger partial charge >= 0.3 is 6.18 Å². The minimum absolute atomic E-state index is 0.0818. The number of fused-ring (bicyclic) bond motifs is 1. The van der Waals surface area contributed by atoms with Crippen molar-refractivity contribution in [2.45, 2.75) is 19.0 Å². The fraction of sp³-hybridized carbons (Fsp3) is 0.650. The highest BCUT2D eigenvalue weighted by Crippen LogP contribution is 2.37. The number of amides is 1. The molecule has 1 amide bonds. The fourth-order valence-corrected chi connectivity index (χ4v) is 3.62. The van der Waals surface area contributed by atoms with Gasteiger partial charge in [0.2, 0.25) is 5.91 Å². The Bertz CT molecular complexity index is 743. The van der Waals surface area contributed by atoms with E-state index in [0.717, 1.165) is 19.5 Å². The number of carbonyl (C=O) groups excluding carboxylic acids is 1. The molecule has 0 radical (unpaired) electrons. The van der Waals surface area contributed by atoms with Crippen LogP contribution in [0.4, 0.5) is 18.9 Å². The summed E-state index contributed by atoms with van der Waals surface area (Å²) < 4.78 is 52.0. The molecule has 11 heteroatoms. The zero-order valence-electron chi connectivity index (χ0n) is 17.2. The summed E-state index contributed by atoms with van der Waals surface area (Å²) in [5.41, 5.74) is 0.480. The molecule has 2 aliphatic rings. The van der Waals surface area contributed by atoms with Crippen LogP contribution >= 0.6 is 11.6 Å². The van der Waals surface area contributed by atoms with E-state index < -0.39 is 12.8 Å². The normalized spacial score (nSPS) is 17.9. The second kappa shape index (κ2) is 11.2. The first kappa shape index (κ1) is 23.9. The number of hydrogen-bond acceptors (Lipinski definition) is 6. The van der Waals surface area contributed by atoms with E-state index >= 15 is 0 Å². The first-order chi connectivity index (χ1) is 14.8. The molecule has 2 heterocycles. The van der Waals surface area contributed by atoms with E-state index in [1.165, 1.54) is 0 Å². The van der Waals surface area contributed by atoms with E-state index in [-0.39, 0.29) is 19.1 Å². The summed E-state index contributed by atoms with van der Waals surface area (Å²) in [5, 5.41) is 3.21. The van der Waals surface area contributed by atoms with Gasteiger partial charge in [0.1, 0.15) is 6.61 Å². The van der Waals surface area contributed by atoms with Crippen molar-refractivity contribution >= 4 is 23.2 Å².